The number of thiophene rings is 1. The van der Waals surface area contributed by atoms with Crippen LogP contribution in [0, 0.1) is 6.92 Å². The number of rotatable bonds is 6. The molecule has 1 atom stereocenters. The highest BCUT2D eigenvalue weighted by molar-refractivity contribution is 7.14. The van der Waals surface area contributed by atoms with E-state index in [1.54, 1.807) is 19.9 Å². The molecule has 2 rings (SSSR count). The first kappa shape index (κ1) is 17.8. The first-order valence-electron chi connectivity index (χ1n) is 7.42. The monoisotopic (exact) mass is 349 g/mol. The molecule has 2 aromatic rings. The summed E-state index contributed by atoms with van der Waals surface area (Å²) in [5.74, 6) is 0.455. The fraction of sp³-hybridized carbons (Fsp3) is 0.400. The average Bonchev–Trinajstić information content (AvgIpc) is 2.96. The van der Waals surface area contributed by atoms with Gasteiger partial charge in [-0.2, -0.15) is 15.0 Å². The van der Waals surface area contributed by atoms with Crippen LogP contribution in [0.2, 0.25) is 0 Å². The van der Waals surface area contributed by atoms with Gasteiger partial charge in [-0.3, -0.25) is 10.1 Å². The molecule has 0 aliphatic heterocycles. The molecule has 0 spiro atoms. The Balaban J connectivity index is 2.12. The van der Waals surface area contributed by atoms with Crippen LogP contribution in [0.5, 0.6) is 0 Å². The van der Waals surface area contributed by atoms with Crippen molar-refractivity contribution in [1.82, 2.24) is 15.0 Å². The molecule has 0 saturated carbocycles. The normalized spacial score (nSPS) is 11.7. The fourth-order valence-corrected chi connectivity index (χ4v) is 2.83. The molecule has 2 aromatic heterocycles. The summed E-state index contributed by atoms with van der Waals surface area (Å²) in [6.07, 6.45) is 0. The smallest absolute Gasteiger partial charge is 0.348 e. The number of anilines is 2. The number of nitrogens with one attached hydrogen (secondary N) is 2. The Hall–Kier alpha value is -2.55. The summed E-state index contributed by atoms with van der Waals surface area (Å²) in [4.78, 5) is 36.8. The Kier molecular flexibility index (Phi) is 5.80. The van der Waals surface area contributed by atoms with Gasteiger partial charge in [0.2, 0.25) is 17.8 Å². The van der Waals surface area contributed by atoms with Crippen molar-refractivity contribution in [3.05, 3.63) is 27.7 Å². The Morgan fingerprint density at radius 1 is 1.25 bits per heavy atom. The van der Waals surface area contributed by atoms with Crippen molar-refractivity contribution >= 4 is 35.1 Å². The first-order valence-corrected chi connectivity index (χ1v) is 8.24. The van der Waals surface area contributed by atoms with Gasteiger partial charge in [0, 0.05) is 11.8 Å². The van der Waals surface area contributed by atoms with Crippen LogP contribution < -0.4 is 10.6 Å². The van der Waals surface area contributed by atoms with E-state index in [4.69, 9.17) is 4.74 Å². The third-order valence-corrected chi connectivity index (χ3v) is 4.16. The van der Waals surface area contributed by atoms with Crippen molar-refractivity contribution in [1.29, 1.82) is 0 Å². The third-order valence-electron chi connectivity index (χ3n) is 2.91. The Labute approximate surface area is 143 Å². The lowest BCUT2D eigenvalue weighted by molar-refractivity contribution is -0.114. The van der Waals surface area contributed by atoms with Crippen LogP contribution in [0.3, 0.4) is 0 Å². The molecule has 1 amide bonds. The average molecular weight is 349 g/mol. The minimum atomic E-state index is -0.329. The molecule has 0 aromatic carbocycles. The van der Waals surface area contributed by atoms with Crippen molar-refractivity contribution in [3.8, 4) is 0 Å². The van der Waals surface area contributed by atoms with Crippen LogP contribution in [-0.2, 0) is 9.53 Å². The predicted molar refractivity (Wildman–Crippen MR) is 91.2 cm³/mol. The van der Waals surface area contributed by atoms with Crippen molar-refractivity contribution < 1.29 is 14.3 Å². The molecule has 24 heavy (non-hydrogen) atoms. The minimum Gasteiger partial charge on any atom is -0.462 e. The topological polar surface area (TPSA) is 106 Å². The lowest BCUT2D eigenvalue weighted by Crippen LogP contribution is -2.14. The van der Waals surface area contributed by atoms with Gasteiger partial charge in [0.05, 0.1) is 12.6 Å². The summed E-state index contributed by atoms with van der Waals surface area (Å²) in [5.41, 5.74) is 0. The second-order valence-corrected chi connectivity index (χ2v) is 6.11. The number of ether oxygens (including phenoxy) is 1. The highest BCUT2D eigenvalue weighted by Gasteiger charge is 2.15. The zero-order chi connectivity index (χ0) is 17.7. The van der Waals surface area contributed by atoms with Gasteiger partial charge < -0.3 is 10.1 Å². The minimum absolute atomic E-state index is 0.120. The first-order chi connectivity index (χ1) is 11.4. The van der Waals surface area contributed by atoms with Gasteiger partial charge in [-0.25, -0.2) is 4.79 Å². The molecule has 2 heterocycles. The number of esters is 1. The molecule has 0 bridgehead atoms. The summed E-state index contributed by atoms with van der Waals surface area (Å²) < 4.78 is 4.99. The van der Waals surface area contributed by atoms with Gasteiger partial charge in [-0.1, -0.05) is 0 Å². The maximum absolute atomic E-state index is 11.7. The molecule has 0 radical (unpaired) electrons. The molecule has 0 saturated heterocycles. The number of hydrogen-bond acceptors (Lipinski definition) is 8. The molecule has 0 fully saturated rings. The lowest BCUT2D eigenvalue weighted by atomic mass is 10.3. The zero-order valence-corrected chi connectivity index (χ0v) is 14.7. The van der Waals surface area contributed by atoms with Crippen LogP contribution in [-0.4, -0.2) is 33.4 Å². The van der Waals surface area contributed by atoms with Gasteiger partial charge >= 0.3 is 5.97 Å². The van der Waals surface area contributed by atoms with Crippen LogP contribution in [0.25, 0.3) is 0 Å². The van der Waals surface area contributed by atoms with E-state index in [9.17, 15) is 9.59 Å². The van der Waals surface area contributed by atoms with E-state index >= 15 is 0 Å². The molecule has 0 aliphatic carbocycles. The third kappa shape index (κ3) is 4.72. The predicted octanol–water partition coefficient (Wildman–Crippen LogP) is 2.55. The lowest BCUT2D eigenvalue weighted by Gasteiger charge is -2.13. The summed E-state index contributed by atoms with van der Waals surface area (Å²) in [7, 11) is 0. The second kappa shape index (κ2) is 7.82. The second-order valence-electron chi connectivity index (χ2n) is 5.00. The van der Waals surface area contributed by atoms with Gasteiger partial charge in [0.15, 0.2) is 0 Å². The number of aromatic nitrogens is 3. The van der Waals surface area contributed by atoms with Gasteiger partial charge in [-0.05, 0) is 32.9 Å². The van der Waals surface area contributed by atoms with Crippen molar-refractivity contribution in [2.45, 2.75) is 33.7 Å². The Morgan fingerprint density at radius 2 is 1.96 bits per heavy atom. The van der Waals surface area contributed by atoms with E-state index in [0.717, 1.165) is 4.88 Å². The van der Waals surface area contributed by atoms with Crippen molar-refractivity contribution in [2.24, 2.45) is 0 Å². The molecular formula is C15H19N5O3S. The number of aryl methyl sites for hydroxylation is 1. The van der Waals surface area contributed by atoms with Crippen molar-refractivity contribution in [3.63, 3.8) is 0 Å². The van der Waals surface area contributed by atoms with E-state index in [1.807, 2.05) is 13.0 Å². The fourth-order valence-electron chi connectivity index (χ4n) is 1.92. The van der Waals surface area contributed by atoms with E-state index in [2.05, 4.69) is 25.6 Å². The Morgan fingerprint density at radius 3 is 2.62 bits per heavy atom. The number of hydrogen-bond donors (Lipinski definition) is 2. The molecule has 128 valence electrons. The number of nitrogens with zero attached hydrogens (tertiary/aromatic N) is 3. The van der Waals surface area contributed by atoms with Gasteiger partial charge in [0.1, 0.15) is 10.7 Å². The molecule has 8 nitrogen and oxygen atoms in total. The van der Waals surface area contributed by atoms with E-state index in [1.165, 1.54) is 18.3 Å². The zero-order valence-electron chi connectivity index (χ0n) is 13.9. The number of amides is 1. The summed E-state index contributed by atoms with van der Waals surface area (Å²) in [6, 6.07) is 3.47. The molecular weight excluding hydrogens is 330 g/mol. The summed E-state index contributed by atoms with van der Waals surface area (Å²) >= 11 is 1.35. The van der Waals surface area contributed by atoms with Gasteiger partial charge in [-0.15, -0.1) is 11.3 Å². The van der Waals surface area contributed by atoms with E-state index in [-0.39, 0.29) is 23.9 Å². The van der Waals surface area contributed by atoms with Crippen LogP contribution in [0.1, 0.15) is 47.2 Å². The summed E-state index contributed by atoms with van der Waals surface area (Å²) in [5, 5.41) is 5.67. The van der Waals surface area contributed by atoms with E-state index in [0.29, 0.717) is 23.3 Å². The van der Waals surface area contributed by atoms with E-state index < -0.39 is 0 Å². The molecule has 0 aliphatic rings. The highest BCUT2D eigenvalue weighted by atomic mass is 32.1. The molecule has 2 N–H and O–H groups in total. The standard InChI is InChI=1S/C15H19N5O3S/c1-5-23-13(22)12-7-6-11(24-12)8(2)16-14-17-9(3)18-15(20-14)19-10(4)21/h6-8H,5H2,1-4H3,(H2,16,17,18,19,20,21). The molecule has 1 unspecified atom stereocenters. The Bertz CT molecular complexity index is 746. The molecule has 9 heteroatoms. The quantitative estimate of drug-likeness (QED) is 0.772. The van der Waals surface area contributed by atoms with Crippen LogP contribution >= 0.6 is 11.3 Å². The van der Waals surface area contributed by atoms with Crippen LogP contribution in [0.15, 0.2) is 12.1 Å². The maximum atomic E-state index is 11.7. The van der Waals surface area contributed by atoms with Crippen molar-refractivity contribution in [2.75, 3.05) is 17.2 Å². The summed E-state index contributed by atoms with van der Waals surface area (Å²) in [6.45, 7) is 7.14. The number of carbonyl (C=O) groups is 2. The van der Waals surface area contributed by atoms with Gasteiger partial charge in [0.25, 0.3) is 0 Å². The van der Waals surface area contributed by atoms with Crippen LogP contribution in [0.4, 0.5) is 11.9 Å². The maximum Gasteiger partial charge on any atom is 0.348 e. The SMILES string of the molecule is CCOC(=O)c1ccc(C(C)Nc2nc(C)nc(NC(C)=O)n2)s1. The highest BCUT2D eigenvalue weighted by Crippen LogP contribution is 2.26. The number of carbonyl (C=O) groups excluding carboxylic acids is 2. The largest absolute Gasteiger partial charge is 0.462 e.